The van der Waals surface area contributed by atoms with Gasteiger partial charge in [0.25, 0.3) is 0 Å². The molecule has 10 nitrogen and oxygen atoms in total. The van der Waals surface area contributed by atoms with Gasteiger partial charge in [-0.15, -0.1) is 168 Å². The van der Waals surface area contributed by atoms with Crippen molar-refractivity contribution < 1.29 is 38.9 Å². The van der Waals surface area contributed by atoms with Gasteiger partial charge in [0.05, 0.1) is 11.8 Å². The maximum atomic E-state index is 12.0. The lowest BCUT2D eigenvalue weighted by Gasteiger charge is -2.31. The molecule has 0 heterocycles. The molecule has 0 aliphatic carbocycles. The van der Waals surface area contributed by atoms with Crippen molar-refractivity contribution in [3.05, 3.63) is 25.3 Å². The van der Waals surface area contributed by atoms with Crippen molar-refractivity contribution in [2.75, 3.05) is 34.7 Å². The first-order valence-corrected chi connectivity index (χ1v) is 11.2. The molecule has 2 atom stereocenters. The summed E-state index contributed by atoms with van der Waals surface area (Å²) in [4.78, 5) is 46.7. The molecule has 0 fully saturated rings. The van der Waals surface area contributed by atoms with Crippen molar-refractivity contribution >= 4 is 192 Å². The van der Waals surface area contributed by atoms with E-state index in [2.05, 4.69) is 13.2 Å². The van der Waals surface area contributed by atoms with Crippen molar-refractivity contribution in [3.8, 4) is 0 Å². The van der Waals surface area contributed by atoms with Crippen LogP contribution in [0.1, 0.15) is 54.4 Å². The highest BCUT2D eigenvalue weighted by Gasteiger charge is 2.29. The zero-order chi connectivity index (χ0) is 28.6. The highest BCUT2D eigenvalue weighted by molar-refractivity contribution is 14.0. The van der Waals surface area contributed by atoms with E-state index in [0.717, 1.165) is 12.2 Å². The van der Waals surface area contributed by atoms with Gasteiger partial charge in [0, 0.05) is 18.7 Å². The monoisotopic (exact) mass is 1400 g/mol. The number of ether oxygens (including phenoxy) is 2. The summed E-state index contributed by atoms with van der Waals surface area (Å²) >= 11 is 0. The second-order valence-corrected chi connectivity index (χ2v) is 9.51. The molecular formula is C25H53I7N2O8. The molecule has 0 aromatic carbocycles. The van der Waals surface area contributed by atoms with Crippen LogP contribution in [-0.4, -0.2) is 90.0 Å². The van der Waals surface area contributed by atoms with Gasteiger partial charge in [0.2, 0.25) is 0 Å². The molecule has 0 spiro atoms. The average Bonchev–Trinajstić information content (AvgIpc) is 2.70. The van der Waals surface area contributed by atoms with Crippen molar-refractivity contribution in [3.63, 3.8) is 0 Å². The maximum Gasteiger partial charge on any atom is 0.331 e. The van der Waals surface area contributed by atoms with Crippen LogP contribution in [0.25, 0.3) is 0 Å². The molecule has 0 aliphatic heterocycles. The quantitative estimate of drug-likeness (QED) is 0.0872. The third-order valence-corrected chi connectivity index (χ3v) is 4.73. The first-order chi connectivity index (χ1) is 15.8. The summed E-state index contributed by atoms with van der Waals surface area (Å²) in [5.41, 5.74) is -1.13. The minimum atomic E-state index is -0.981. The van der Waals surface area contributed by atoms with Crippen LogP contribution in [0.15, 0.2) is 25.3 Å². The summed E-state index contributed by atoms with van der Waals surface area (Å²) in [5, 5.41) is 16.6. The molecular weight excluding hydrogens is 1340 g/mol. The molecule has 0 aromatic rings. The number of carboxylic acid groups (broad SMARTS) is 2. The van der Waals surface area contributed by atoms with Gasteiger partial charge in [-0.05, 0) is 68.7 Å². The molecule has 0 aromatic heterocycles. The number of nitrogens with zero attached hydrogens (tertiary/aromatic N) is 2. The van der Waals surface area contributed by atoms with Crippen LogP contribution in [0.3, 0.4) is 0 Å². The Labute approximate surface area is 372 Å². The summed E-state index contributed by atoms with van der Waals surface area (Å²) < 4.78 is 10.5. The van der Waals surface area contributed by atoms with Gasteiger partial charge in [0.15, 0.2) is 5.72 Å². The van der Waals surface area contributed by atoms with E-state index in [0.29, 0.717) is 19.4 Å². The number of hydrogen-bond acceptors (Lipinski definition) is 8. The second kappa shape index (κ2) is 37.8. The first kappa shape index (κ1) is 70.7. The van der Waals surface area contributed by atoms with E-state index in [1.165, 1.54) is 0 Å². The minimum Gasteiger partial charge on any atom is -0.481 e. The Morgan fingerprint density at radius 3 is 1.43 bits per heavy atom. The van der Waals surface area contributed by atoms with Crippen molar-refractivity contribution in [2.45, 2.75) is 65.7 Å². The molecule has 0 aliphatic rings. The number of aliphatic carboxylic acids is 2. The molecule has 0 rings (SSSR count). The largest absolute Gasteiger partial charge is 0.481 e. The summed E-state index contributed by atoms with van der Waals surface area (Å²) in [6.45, 7) is 17.8. The lowest BCUT2D eigenvalue weighted by atomic mass is 9.93. The fourth-order valence-corrected chi connectivity index (χ4v) is 2.51. The van der Waals surface area contributed by atoms with Crippen molar-refractivity contribution in [2.24, 2.45) is 11.8 Å². The van der Waals surface area contributed by atoms with Crippen molar-refractivity contribution in [1.29, 1.82) is 0 Å². The molecule has 17 heteroatoms. The van der Waals surface area contributed by atoms with E-state index in [4.69, 9.17) is 19.7 Å². The third-order valence-electron chi connectivity index (χ3n) is 4.73. The van der Waals surface area contributed by atoms with E-state index in [-0.39, 0.29) is 174 Å². The van der Waals surface area contributed by atoms with Crippen molar-refractivity contribution in [1.82, 2.24) is 9.80 Å². The molecule has 42 heavy (non-hydrogen) atoms. The molecule has 260 valence electrons. The standard InChI is InChI=1S/C14H27NO4.C8H15NO2.C3H4O2.7HI/c1-7-11(12(16)17)8-10(2)13(18)19-14(3,4)9-15(5)6;1-6-7(10)11-8(2,3)9(4)5;1-2-3(4)5;;;;;;;/h10-11H,7-9H2,1-6H3,(H,16,17);6H,1H2,2-5H3;2H,1H2,(H,4,5);7*1H. The Balaban J connectivity index is -0.0000000485. The summed E-state index contributed by atoms with van der Waals surface area (Å²) in [6.07, 6.45) is 2.84. The van der Waals surface area contributed by atoms with E-state index in [1.807, 2.05) is 72.6 Å². The van der Waals surface area contributed by atoms with Crippen LogP contribution in [0.2, 0.25) is 0 Å². The number of carboxylic acids is 2. The SMILES string of the molecule is C=CC(=O)O.C=CC(=O)OC(C)(C)N(C)C.CCC(CC(C)C(=O)OC(C)(C)CN(C)C)C(=O)O.I.I.I.I.I.I.I. The number of halogens is 7. The third kappa shape index (κ3) is 42.4. The molecule has 0 saturated carbocycles. The molecule has 0 bridgehead atoms. The van der Waals surface area contributed by atoms with Gasteiger partial charge in [0.1, 0.15) is 5.60 Å². The van der Waals surface area contributed by atoms with E-state index in [9.17, 15) is 19.2 Å². The topological polar surface area (TPSA) is 134 Å². The van der Waals surface area contributed by atoms with Crippen LogP contribution in [0.4, 0.5) is 0 Å². The van der Waals surface area contributed by atoms with E-state index >= 15 is 0 Å². The van der Waals surface area contributed by atoms with Crippen LogP contribution in [-0.2, 0) is 28.7 Å². The number of carbonyl (C=O) groups excluding carboxylic acids is 2. The summed E-state index contributed by atoms with van der Waals surface area (Å²) in [7, 11) is 7.51. The fraction of sp³-hybridized carbons (Fsp3) is 0.680. The summed E-state index contributed by atoms with van der Waals surface area (Å²) in [6, 6.07) is 0. The number of esters is 2. The normalized spacial score (nSPS) is 10.6. The molecule has 2 unspecified atom stereocenters. The average molecular weight is 1400 g/mol. The Morgan fingerprint density at radius 2 is 1.19 bits per heavy atom. The second-order valence-electron chi connectivity index (χ2n) is 9.51. The molecule has 0 radical (unpaired) electrons. The van der Waals surface area contributed by atoms with Crippen LogP contribution < -0.4 is 0 Å². The van der Waals surface area contributed by atoms with Gasteiger partial charge < -0.3 is 24.6 Å². The Kier molecular flexibility index (Phi) is 63.7. The Hall–Kier alpha value is 2.39. The lowest BCUT2D eigenvalue weighted by molar-refractivity contribution is -0.166. The summed E-state index contributed by atoms with van der Waals surface area (Å²) in [5.74, 6) is -3.45. The predicted octanol–water partition coefficient (Wildman–Crippen LogP) is 7.60. The Morgan fingerprint density at radius 1 is 0.810 bits per heavy atom. The van der Waals surface area contributed by atoms with Gasteiger partial charge >= 0.3 is 23.9 Å². The highest BCUT2D eigenvalue weighted by atomic mass is 127. The maximum absolute atomic E-state index is 12.0. The Bertz CT molecular complexity index is 727. The predicted molar refractivity (Wildman–Crippen MR) is 244 cm³/mol. The van der Waals surface area contributed by atoms with E-state index in [1.54, 1.807) is 6.92 Å². The zero-order valence-electron chi connectivity index (χ0n) is 25.9. The minimum absolute atomic E-state index is 0. The van der Waals surface area contributed by atoms with Crippen LogP contribution in [0, 0.1) is 11.8 Å². The van der Waals surface area contributed by atoms with Gasteiger partial charge in [-0.25, -0.2) is 9.59 Å². The van der Waals surface area contributed by atoms with Gasteiger partial charge in [-0.1, -0.05) is 27.0 Å². The number of likely N-dealkylation sites (N-methyl/N-ethyl adjacent to an activating group) is 1. The molecule has 0 amide bonds. The van der Waals surface area contributed by atoms with Crippen LogP contribution >= 0.6 is 168 Å². The lowest BCUT2D eigenvalue weighted by Crippen LogP contribution is -2.42. The van der Waals surface area contributed by atoms with Gasteiger partial charge in [-0.3, -0.25) is 14.5 Å². The fourth-order valence-electron chi connectivity index (χ4n) is 2.51. The van der Waals surface area contributed by atoms with E-state index < -0.39 is 41.1 Å². The zero-order valence-corrected chi connectivity index (χ0v) is 42.3. The molecule has 2 N–H and O–H groups in total. The number of rotatable bonds is 12. The van der Waals surface area contributed by atoms with Crippen LogP contribution in [0.5, 0.6) is 0 Å². The number of hydrogen-bond donors (Lipinski definition) is 2. The smallest absolute Gasteiger partial charge is 0.331 e. The highest BCUT2D eigenvalue weighted by Crippen LogP contribution is 2.20. The van der Waals surface area contributed by atoms with Gasteiger partial charge in [-0.2, -0.15) is 0 Å². The number of carbonyl (C=O) groups is 4. The first-order valence-electron chi connectivity index (χ1n) is 11.2. The molecule has 0 saturated heterocycles.